The van der Waals surface area contributed by atoms with Crippen LogP contribution in [-0.4, -0.2) is 26.2 Å². The number of hydrogen-bond acceptors (Lipinski definition) is 3. The first-order valence-electron chi connectivity index (χ1n) is 7.38. The summed E-state index contributed by atoms with van der Waals surface area (Å²) >= 11 is 0. The Kier molecular flexibility index (Phi) is 4.37. The van der Waals surface area contributed by atoms with Crippen LogP contribution in [0.4, 0.5) is 5.69 Å². The molecule has 0 aliphatic carbocycles. The molecule has 1 atom stereocenters. The van der Waals surface area contributed by atoms with Gasteiger partial charge in [-0.2, -0.15) is 0 Å². The third-order valence-electron chi connectivity index (χ3n) is 4.24. The van der Waals surface area contributed by atoms with Gasteiger partial charge in [-0.25, -0.2) is 4.98 Å². The number of aromatic nitrogens is 2. The molecule has 2 aromatic rings. The van der Waals surface area contributed by atoms with Gasteiger partial charge >= 0.3 is 0 Å². The van der Waals surface area contributed by atoms with Gasteiger partial charge < -0.3 is 15.0 Å². The fourth-order valence-corrected chi connectivity index (χ4v) is 1.98. The van der Waals surface area contributed by atoms with E-state index in [4.69, 9.17) is 0 Å². The normalized spacial score (nSPS) is 14.0. The number of nitrogens with one attached hydrogen (secondary N) is 1. The first kappa shape index (κ1) is 16.2. The monoisotopic (exact) mass is 301 g/mol. The third-order valence-corrected chi connectivity index (χ3v) is 4.24. The highest BCUT2D eigenvalue weighted by molar-refractivity contribution is 5.97. The number of hydrogen-bond donors (Lipinski definition) is 2. The van der Waals surface area contributed by atoms with E-state index in [1.165, 1.54) is 6.92 Å². The van der Waals surface area contributed by atoms with Gasteiger partial charge in [-0.15, -0.1) is 0 Å². The van der Waals surface area contributed by atoms with Crippen molar-refractivity contribution >= 4 is 11.6 Å². The van der Waals surface area contributed by atoms with E-state index in [0.29, 0.717) is 5.69 Å². The van der Waals surface area contributed by atoms with Crippen molar-refractivity contribution in [2.75, 3.05) is 5.32 Å². The molecule has 0 aliphatic rings. The van der Waals surface area contributed by atoms with Crippen LogP contribution in [-0.2, 0) is 4.79 Å². The Balaban J connectivity index is 2.16. The smallest absolute Gasteiger partial charge is 0.256 e. The fourth-order valence-electron chi connectivity index (χ4n) is 1.98. The topological polar surface area (TPSA) is 67.2 Å². The summed E-state index contributed by atoms with van der Waals surface area (Å²) in [5, 5.41) is 12.9. The Morgan fingerprint density at radius 2 is 1.86 bits per heavy atom. The van der Waals surface area contributed by atoms with Crippen molar-refractivity contribution in [3.63, 3.8) is 0 Å². The van der Waals surface area contributed by atoms with Gasteiger partial charge in [-0.3, -0.25) is 4.79 Å². The zero-order valence-corrected chi connectivity index (χ0v) is 13.7. The minimum absolute atomic E-state index is 0.164. The molecule has 1 aromatic carbocycles. The van der Waals surface area contributed by atoms with E-state index < -0.39 is 11.5 Å². The van der Waals surface area contributed by atoms with Crippen LogP contribution in [0.1, 0.15) is 32.2 Å². The largest absolute Gasteiger partial charge is 0.380 e. The van der Waals surface area contributed by atoms with E-state index in [-0.39, 0.29) is 5.92 Å². The number of rotatable bonds is 4. The predicted octanol–water partition coefficient (Wildman–Crippen LogP) is 2.83. The van der Waals surface area contributed by atoms with Crippen molar-refractivity contribution in [2.45, 2.75) is 40.2 Å². The summed E-state index contributed by atoms with van der Waals surface area (Å²) in [5.41, 5.74) is 2.32. The van der Waals surface area contributed by atoms with E-state index in [9.17, 15) is 9.90 Å². The number of amides is 1. The van der Waals surface area contributed by atoms with Crippen molar-refractivity contribution in [1.29, 1.82) is 0 Å². The SMILES string of the molecule is Cc1ncn(-c2ccc(NC(=O)C(C)(O)C(C)C)cc2)c1C. The summed E-state index contributed by atoms with van der Waals surface area (Å²) in [6.07, 6.45) is 1.78. The molecule has 5 heteroatoms. The number of imidazole rings is 1. The molecule has 0 saturated carbocycles. The fraction of sp³-hybridized carbons (Fsp3) is 0.412. The molecule has 1 unspecified atom stereocenters. The molecule has 22 heavy (non-hydrogen) atoms. The van der Waals surface area contributed by atoms with Gasteiger partial charge in [-0.05, 0) is 51.0 Å². The van der Waals surface area contributed by atoms with Gasteiger partial charge in [0.1, 0.15) is 5.60 Å². The Bertz CT molecular complexity index is 670. The number of nitrogens with zero attached hydrogens (tertiary/aromatic N) is 2. The van der Waals surface area contributed by atoms with Gasteiger partial charge in [-0.1, -0.05) is 13.8 Å². The van der Waals surface area contributed by atoms with E-state index in [1.807, 2.05) is 56.5 Å². The van der Waals surface area contributed by atoms with Crippen molar-refractivity contribution in [1.82, 2.24) is 9.55 Å². The maximum Gasteiger partial charge on any atom is 0.256 e. The molecular formula is C17H23N3O2. The number of carbonyl (C=O) groups excluding carboxylic acids is 1. The molecule has 5 nitrogen and oxygen atoms in total. The van der Waals surface area contributed by atoms with E-state index >= 15 is 0 Å². The van der Waals surface area contributed by atoms with Crippen molar-refractivity contribution < 1.29 is 9.90 Å². The van der Waals surface area contributed by atoms with Crippen LogP contribution in [0.2, 0.25) is 0 Å². The van der Waals surface area contributed by atoms with Gasteiger partial charge in [0.15, 0.2) is 0 Å². The van der Waals surface area contributed by atoms with Gasteiger partial charge in [0.05, 0.1) is 12.0 Å². The van der Waals surface area contributed by atoms with Gasteiger partial charge in [0.2, 0.25) is 0 Å². The zero-order valence-electron chi connectivity index (χ0n) is 13.7. The molecule has 1 heterocycles. The average molecular weight is 301 g/mol. The molecule has 0 aliphatic heterocycles. The molecule has 2 rings (SSSR count). The van der Waals surface area contributed by atoms with Gasteiger partial charge in [0.25, 0.3) is 5.91 Å². The second-order valence-electron chi connectivity index (χ2n) is 6.09. The first-order valence-corrected chi connectivity index (χ1v) is 7.38. The maximum absolute atomic E-state index is 12.1. The summed E-state index contributed by atoms with van der Waals surface area (Å²) in [6, 6.07) is 7.46. The van der Waals surface area contributed by atoms with Crippen LogP contribution in [0, 0.1) is 19.8 Å². The van der Waals surface area contributed by atoms with Gasteiger partial charge in [0, 0.05) is 17.1 Å². The Morgan fingerprint density at radius 3 is 2.32 bits per heavy atom. The maximum atomic E-state index is 12.1. The minimum Gasteiger partial charge on any atom is -0.380 e. The van der Waals surface area contributed by atoms with Crippen LogP contribution >= 0.6 is 0 Å². The second kappa shape index (κ2) is 5.93. The highest BCUT2D eigenvalue weighted by Crippen LogP contribution is 2.20. The lowest BCUT2D eigenvalue weighted by Crippen LogP contribution is -2.44. The summed E-state index contributed by atoms with van der Waals surface area (Å²) in [7, 11) is 0. The highest BCUT2D eigenvalue weighted by atomic mass is 16.3. The summed E-state index contributed by atoms with van der Waals surface area (Å²) in [5.74, 6) is -0.562. The Labute approximate surface area is 131 Å². The average Bonchev–Trinajstić information content (AvgIpc) is 2.79. The molecule has 0 saturated heterocycles. The highest BCUT2D eigenvalue weighted by Gasteiger charge is 2.33. The molecule has 1 aromatic heterocycles. The first-order chi connectivity index (χ1) is 10.2. The molecule has 0 spiro atoms. The zero-order chi connectivity index (χ0) is 16.5. The lowest BCUT2D eigenvalue weighted by atomic mass is 9.91. The van der Waals surface area contributed by atoms with Crippen molar-refractivity contribution in [3.05, 3.63) is 42.0 Å². The van der Waals surface area contributed by atoms with E-state index in [0.717, 1.165) is 17.1 Å². The van der Waals surface area contributed by atoms with Crippen molar-refractivity contribution in [2.24, 2.45) is 5.92 Å². The number of aliphatic hydroxyl groups is 1. The molecule has 118 valence electrons. The molecule has 0 fully saturated rings. The molecule has 1 amide bonds. The number of benzene rings is 1. The van der Waals surface area contributed by atoms with Crippen LogP contribution in [0.25, 0.3) is 5.69 Å². The third kappa shape index (κ3) is 3.04. The lowest BCUT2D eigenvalue weighted by Gasteiger charge is -2.26. The van der Waals surface area contributed by atoms with E-state index in [1.54, 1.807) is 6.33 Å². The predicted molar refractivity (Wildman–Crippen MR) is 87.1 cm³/mol. The molecule has 2 N–H and O–H groups in total. The summed E-state index contributed by atoms with van der Waals surface area (Å²) in [4.78, 5) is 16.4. The molecule has 0 radical (unpaired) electrons. The van der Waals surface area contributed by atoms with Crippen LogP contribution in [0.3, 0.4) is 0 Å². The van der Waals surface area contributed by atoms with E-state index in [2.05, 4.69) is 10.3 Å². The quantitative estimate of drug-likeness (QED) is 0.912. The summed E-state index contributed by atoms with van der Waals surface area (Å²) in [6.45, 7) is 9.13. The van der Waals surface area contributed by atoms with Crippen LogP contribution in [0.15, 0.2) is 30.6 Å². The standard InChI is InChI=1S/C17H23N3O2/c1-11(2)17(5,22)16(21)19-14-6-8-15(9-7-14)20-10-18-12(3)13(20)4/h6-11,22H,1-5H3,(H,19,21). The second-order valence-corrected chi connectivity index (χ2v) is 6.09. The number of aryl methyl sites for hydroxylation is 1. The Morgan fingerprint density at radius 1 is 1.27 bits per heavy atom. The van der Waals surface area contributed by atoms with Crippen molar-refractivity contribution in [3.8, 4) is 5.69 Å². The molecular weight excluding hydrogens is 278 g/mol. The lowest BCUT2D eigenvalue weighted by molar-refractivity contribution is -0.136. The Hall–Kier alpha value is -2.14. The molecule has 0 bridgehead atoms. The summed E-state index contributed by atoms with van der Waals surface area (Å²) < 4.78 is 1.99. The van der Waals surface area contributed by atoms with Crippen LogP contribution < -0.4 is 5.32 Å². The number of carbonyl (C=O) groups is 1. The number of anilines is 1. The van der Waals surface area contributed by atoms with Crippen LogP contribution in [0.5, 0.6) is 0 Å². The minimum atomic E-state index is -1.39.